The maximum Gasteiger partial charge on any atom is 0.342 e. The molecular formula is C28H21ClFN3O2. The van der Waals surface area contributed by atoms with Gasteiger partial charge < -0.3 is 10.1 Å². The summed E-state index contributed by atoms with van der Waals surface area (Å²) in [6.45, 7) is 0.405. The molecule has 1 atom stereocenters. The molecule has 1 unspecified atom stereocenters. The molecule has 0 aromatic heterocycles. The fourth-order valence-electron chi connectivity index (χ4n) is 3.91. The number of benzene rings is 4. The molecule has 0 fully saturated rings. The van der Waals surface area contributed by atoms with E-state index in [1.165, 1.54) is 11.1 Å². The Balaban J connectivity index is 1.32. The number of nitrogens with one attached hydrogen (secondary N) is 1. The number of amides is 2. The summed E-state index contributed by atoms with van der Waals surface area (Å²) in [7, 11) is 0. The van der Waals surface area contributed by atoms with Gasteiger partial charge in [0.25, 0.3) is 0 Å². The van der Waals surface area contributed by atoms with Gasteiger partial charge in [0.05, 0.1) is 12.3 Å². The second-order valence-corrected chi connectivity index (χ2v) is 8.46. The van der Waals surface area contributed by atoms with Gasteiger partial charge in [0.1, 0.15) is 5.75 Å². The number of halogens is 2. The van der Waals surface area contributed by atoms with E-state index in [0.717, 1.165) is 16.8 Å². The highest BCUT2D eigenvalue weighted by Gasteiger charge is 2.32. The lowest BCUT2D eigenvalue weighted by Gasteiger charge is -2.16. The Hall–Kier alpha value is -4.16. The van der Waals surface area contributed by atoms with Crippen molar-refractivity contribution in [1.29, 1.82) is 0 Å². The molecule has 0 saturated carbocycles. The third-order valence-electron chi connectivity index (χ3n) is 5.66. The Morgan fingerprint density at radius 2 is 1.60 bits per heavy atom. The molecule has 7 heteroatoms. The fraction of sp³-hybridized carbons (Fsp3) is 0.0714. The van der Waals surface area contributed by atoms with Crippen LogP contribution in [-0.2, 0) is 0 Å². The minimum absolute atomic E-state index is 0.0697. The van der Waals surface area contributed by atoms with E-state index in [-0.39, 0.29) is 17.7 Å². The van der Waals surface area contributed by atoms with E-state index in [9.17, 15) is 9.18 Å². The van der Waals surface area contributed by atoms with E-state index in [2.05, 4.69) is 10.4 Å². The highest BCUT2D eigenvalue weighted by Crippen LogP contribution is 2.30. The van der Waals surface area contributed by atoms with Gasteiger partial charge in [-0.05, 0) is 59.7 Å². The lowest BCUT2D eigenvalue weighted by Crippen LogP contribution is -2.30. The molecule has 2 amide bonds. The molecule has 0 saturated heterocycles. The number of anilines is 1. The maximum atomic E-state index is 13.8. The number of para-hydroxylation sites is 1. The predicted molar refractivity (Wildman–Crippen MR) is 136 cm³/mol. The van der Waals surface area contributed by atoms with Gasteiger partial charge in [-0.2, -0.15) is 5.10 Å². The van der Waals surface area contributed by atoms with E-state index in [0.29, 0.717) is 23.0 Å². The summed E-state index contributed by atoms with van der Waals surface area (Å²) in [5.74, 6) is 0.0831. The van der Waals surface area contributed by atoms with Crippen molar-refractivity contribution in [3.05, 3.63) is 125 Å². The average molecular weight is 486 g/mol. The Kier molecular flexibility index (Phi) is 6.46. The molecule has 5 nitrogen and oxygen atoms in total. The molecule has 1 heterocycles. The van der Waals surface area contributed by atoms with Crippen molar-refractivity contribution < 1.29 is 13.9 Å². The second-order valence-electron chi connectivity index (χ2n) is 8.02. The quantitative estimate of drug-likeness (QED) is 0.322. The van der Waals surface area contributed by atoms with Crippen LogP contribution in [0.3, 0.4) is 0 Å². The van der Waals surface area contributed by atoms with Gasteiger partial charge in [0.2, 0.25) is 0 Å². The average Bonchev–Trinajstić information content (AvgIpc) is 3.33. The van der Waals surface area contributed by atoms with Crippen LogP contribution in [-0.4, -0.2) is 23.3 Å². The van der Waals surface area contributed by atoms with Crippen LogP contribution in [0.2, 0.25) is 5.02 Å². The van der Waals surface area contributed by atoms with E-state index in [1.54, 1.807) is 42.5 Å². The van der Waals surface area contributed by atoms with Crippen molar-refractivity contribution in [2.45, 2.75) is 5.92 Å². The first-order valence-electron chi connectivity index (χ1n) is 11.1. The molecule has 1 N–H and O–H groups in total. The number of hydrogen-bond donors (Lipinski definition) is 1. The summed E-state index contributed by atoms with van der Waals surface area (Å²) in [6, 6.07) is 30.0. The van der Waals surface area contributed by atoms with Crippen molar-refractivity contribution in [2.75, 3.05) is 11.9 Å². The van der Waals surface area contributed by atoms with Crippen molar-refractivity contribution in [3.63, 3.8) is 0 Å². The predicted octanol–water partition coefficient (Wildman–Crippen LogP) is 7.31. The Morgan fingerprint density at radius 1 is 0.914 bits per heavy atom. The Labute approximate surface area is 207 Å². The monoisotopic (exact) mass is 485 g/mol. The van der Waals surface area contributed by atoms with Crippen molar-refractivity contribution in [3.8, 4) is 11.5 Å². The van der Waals surface area contributed by atoms with E-state index < -0.39 is 5.82 Å². The van der Waals surface area contributed by atoms with Crippen LogP contribution in [0.5, 0.6) is 11.5 Å². The number of hydrogen-bond acceptors (Lipinski definition) is 3. The summed E-state index contributed by atoms with van der Waals surface area (Å²) < 4.78 is 19.4. The molecule has 0 aliphatic carbocycles. The SMILES string of the molecule is O=C(Nc1ccc(Oc2ccccc2F)cc1)N1CC(c2ccccc2)C(c2ccc(Cl)cc2)=N1. The molecule has 35 heavy (non-hydrogen) atoms. The molecule has 0 spiro atoms. The van der Waals surface area contributed by atoms with Gasteiger partial charge in [-0.3, -0.25) is 0 Å². The number of hydrazone groups is 1. The minimum atomic E-state index is -0.443. The van der Waals surface area contributed by atoms with Gasteiger partial charge in [-0.15, -0.1) is 0 Å². The minimum Gasteiger partial charge on any atom is -0.454 e. The van der Waals surface area contributed by atoms with E-state index >= 15 is 0 Å². The number of rotatable bonds is 5. The first-order chi connectivity index (χ1) is 17.1. The van der Waals surface area contributed by atoms with Crippen LogP contribution < -0.4 is 10.1 Å². The second kappa shape index (κ2) is 9.99. The molecule has 1 aliphatic rings. The third-order valence-corrected chi connectivity index (χ3v) is 5.91. The highest BCUT2D eigenvalue weighted by molar-refractivity contribution is 6.30. The van der Waals surface area contributed by atoms with Gasteiger partial charge in [0.15, 0.2) is 11.6 Å². The van der Waals surface area contributed by atoms with Gasteiger partial charge in [-0.25, -0.2) is 14.2 Å². The van der Waals surface area contributed by atoms with Crippen molar-refractivity contribution in [2.24, 2.45) is 5.10 Å². The largest absolute Gasteiger partial charge is 0.454 e. The van der Waals surface area contributed by atoms with Crippen LogP contribution in [0.4, 0.5) is 14.9 Å². The van der Waals surface area contributed by atoms with E-state index in [1.807, 2.05) is 54.6 Å². The molecule has 0 radical (unpaired) electrons. The van der Waals surface area contributed by atoms with Gasteiger partial charge >= 0.3 is 6.03 Å². The Morgan fingerprint density at radius 3 is 2.31 bits per heavy atom. The lowest BCUT2D eigenvalue weighted by atomic mass is 9.91. The first-order valence-corrected chi connectivity index (χ1v) is 11.4. The maximum absolute atomic E-state index is 13.8. The standard InChI is InChI=1S/C28H21ClFN3O2/c29-21-12-10-20(11-13-21)27-24(19-6-2-1-3-7-19)18-33(32-27)28(34)31-22-14-16-23(17-15-22)35-26-9-5-4-8-25(26)30/h1-17,24H,18H2,(H,31,34). The summed E-state index contributed by atoms with van der Waals surface area (Å²) >= 11 is 6.06. The van der Waals surface area contributed by atoms with Crippen molar-refractivity contribution >= 4 is 29.0 Å². The fourth-order valence-corrected chi connectivity index (χ4v) is 4.03. The molecule has 174 valence electrons. The summed E-state index contributed by atoms with van der Waals surface area (Å²) in [6.07, 6.45) is 0. The zero-order valence-electron chi connectivity index (χ0n) is 18.6. The molecule has 4 aromatic rings. The van der Waals surface area contributed by atoms with E-state index in [4.69, 9.17) is 16.3 Å². The summed E-state index contributed by atoms with van der Waals surface area (Å²) in [5, 5.41) is 9.60. The number of urea groups is 1. The molecule has 0 bridgehead atoms. The van der Waals surface area contributed by atoms with Crippen LogP contribution >= 0.6 is 11.6 Å². The summed E-state index contributed by atoms with van der Waals surface area (Å²) in [5.41, 5.74) is 3.36. The van der Waals surface area contributed by atoms with Crippen LogP contribution in [0.25, 0.3) is 0 Å². The number of nitrogens with zero attached hydrogens (tertiary/aromatic N) is 2. The first kappa shape index (κ1) is 22.6. The van der Waals surface area contributed by atoms with Crippen LogP contribution in [0, 0.1) is 5.82 Å². The normalized spacial score (nSPS) is 15.0. The Bertz CT molecular complexity index is 1360. The zero-order chi connectivity index (χ0) is 24.2. The zero-order valence-corrected chi connectivity index (χ0v) is 19.3. The topological polar surface area (TPSA) is 53.9 Å². The van der Waals surface area contributed by atoms with Crippen molar-refractivity contribution in [1.82, 2.24) is 5.01 Å². The van der Waals surface area contributed by atoms with Gasteiger partial charge in [0, 0.05) is 16.6 Å². The van der Waals surface area contributed by atoms with Crippen LogP contribution in [0.15, 0.2) is 108 Å². The highest BCUT2D eigenvalue weighted by atomic mass is 35.5. The van der Waals surface area contributed by atoms with Crippen LogP contribution in [0.1, 0.15) is 17.0 Å². The molecular weight excluding hydrogens is 465 g/mol. The number of carbonyl (C=O) groups excluding carboxylic acids is 1. The third kappa shape index (κ3) is 5.18. The van der Waals surface area contributed by atoms with Gasteiger partial charge in [-0.1, -0.05) is 66.2 Å². The molecule has 1 aliphatic heterocycles. The smallest absolute Gasteiger partial charge is 0.342 e. The summed E-state index contributed by atoms with van der Waals surface area (Å²) in [4.78, 5) is 13.0. The lowest BCUT2D eigenvalue weighted by molar-refractivity contribution is 0.218. The molecule has 5 rings (SSSR count). The number of ether oxygens (including phenoxy) is 1. The number of carbonyl (C=O) groups is 1. The molecule has 4 aromatic carbocycles.